The van der Waals surface area contributed by atoms with E-state index in [9.17, 15) is 0 Å². The van der Waals surface area contributed by atoms with Gasteiger partial charge in [0, 0.05) is 10.9 Å². The molecule has 1 fully saturated rings. The monoisotopic (exact) mass is 300 g/mol. The van der Waals surface area contributed by atoms with Gasteiger partial charge in [-0.1, -0.05) is 58.4 Å². The standard InChI is InChI=1S/C20H33BO/c1-9-20(10-2,11-3)16-12-13-17(15(4)14-16)21-18(5,6)19(7,8)22-21/h12-14H,9-11H2,1-8H3. The van der Waals surface area contributed by atoms with Crippen LogP contribution in [0.2, 0.25) is 5.31 Å². The van der Waals surface area contributed by atoms with Crippen LogP contribution in [0.4, 0.5) is 0 Å². The van der Waals surface area contributed by atoms with E-state index in [4.69, 9.17) is 4.65 Å². The summed E-state index contributed by atoms with van der Waals surface area (Å²) < 4.78 is 6.21. The van der Waals surface area contributed by atoms with E-state index < -0.39 is 0 Å². The number of hydrogen-bond donors (Lipinski definition) is 0. The third-order valence-electron chi connectivity index (χ3n) is 6.81. The van der Waals surface area contributed by atoms with Crippen molar-refractivity contribution in [3.8, 4) is 0 Å². The van der Waals surface area contributed by atoms with E-state index in [0.29, 0.717) is 5.41 Å². The molecule has 0 aromatic heterocycles. The van der Waals surface area contributed by atoms with Crippen molar-refractivity contribution < 1.29 is 4.65 Å². The van der Waals surface area contributed by atoms with E-state index in [1.807, 2.05) is 0 Å². The second-order valence-corrected chi connectivity index (χ2v) is 8.14. The molecular weight excluding hydrogens is 267 g/mol. The highest BCUT2D eigenvalue weighted by Crippen LogP contribution is 2.53. The third-order valence-corrected chi connectivity index (χ3v) is 6.81. The van der Waals surface area contributed by atoms with E-state index >= 15 is 0 Å². The summed E-state index contributed by atoms with van der Waals surface area (Å²) in [5.74, 6) is 0. The SMILES string of the molecule is CCC(CC)(CC)c1ccc(B2OC(C)(C)C2(C)C)c(C)c1. The summed E-state index contributed by atoms with van der Waals surface area (Å²) in [7, 11) is 0. The average Bonchev–Trinajstić information content (AvgIpc) is 2.48. The van der Waals surface area contributed by atoms with Gasteiger partial charge in [-0.15, -0.1) is 0 Å². The maximum Gasteiger partial charge on any atom is 0.336 e. The van der Waals surface area contributed by atoms with Gasteiger partial charge in [-0.05, 0) is 56.5 Å². The highest BCUT2D eigenvalue weighted by Gasteiger charge is 2.59. The Morgan fingerprint density at radius 2 is 1.55 bits per heavy atom. The molecule has 0 aliphatic carbocycles. The van der Waals surface area contributed by atoms with Crippen molar-refractivity contribution in [1.29, 1.82) is 0 Å². The molecule has 2 heteroatoms. The zero-order valence-corrected chi connectivity index (χ0v) is 15.8. The first-order valence-corrected chi connectivity index (χ1v) is 8.94. The molecule has 0 N–H and O–H groups in total. The van der Waals surface area contributed by atoms with Gasteiger partial charge >= 0.3 is 6.92 Å². The van der Waals surface area contributed by atoms with Crippen LogP contribution in [0.5, 0.6) is 0 Å². The molecule has 2 rings (SSSR count). The van der Waals surface area contributed by atoms with Crippen molar-refractivity contribution in [3.05, 3.63) is 29.3 Å². The maximum absolute atomic E-state index is 6.21. The third kappa shape index (κ3) is 2.44. The molecule has 0 radical (unpaired) electrons. The van der Waals surface area contributed by atoms with Gasteiger partial charge in [-0.3, -0.25) is 0 Å². The lowest BCUT2D eigenvalue weighted by molar-refractivity contribution is -0.00944. The molecule has 0 unspecified atom stereocenters. The molecule has 1 nitrogen and oxygen atoms in total. The van der Waals surface area contributed by atoms with Gasteiger partial charge in [-0.2, -0.15) is 0 Å². The highest BCUT2D eigenvalue weighted by atomic mass is 16.5. The Balaban J connectivity index is 2.36. The van der Waals surface area contributed by atoms with E-state index in [2.05, 4.69) is 73.6 Å². The van der Waals surface area contributed by atoms with E-state index in [1.54, 1.807) is 0 Å². The van der Waals surface area contributed by atoms with Gasteiger partial charge in [0.15, 0.2) is 0 Å². The summed E-state index contributed by atoms with van der Waals surface area (Å²) in [6, 6.07) is 7.09. The summed E-state index contributed by atoms with van der Waals surface area (Å²) in [5.41, 5.74) is 4.54. The maximum atomic E-state index is 6.21. The van der Waals surface area contributed by atoms with Gasteiger partial charge in [-0.25, -0.2) is 0 Å². The van der Waals surface area contributed by atoms with E-state index in [1.165, 1.54) is 35.9 Å². The second kappa shape index (κ2) is 5.71. The number of aryl methyl sites for hydroxylation is 1. The first-order chi connectivity index (χ1) is 10.1. The average molecular weight is 300 g/mol. The first-order valence-electron chi connectivity index (χ1n) is 8.94. The Hall–Kier alpha value is -0.755. The van der Waals surface area contributed by atoms with Crippen LogP contribution < -0.4 is 5.46 Å². The normalized spacial score (nSPS) is 19.9. The first kappa shape index (κ1) is 17.6. The predicted octanol–water partition coefficient (Wildman–Crippen LogP) is 5.25. The Morgan fingerprint density at radius 3 is 1.91 bits per heavy atom. The summed E-state index contributed by atoms with van der Waals surface area (Å²) in [6.45, 7) is 18.5. The minimum Gasteiger partial charge on any atom is -0.425 e. The molecule has 0 atom stereocenters. The lowest BCUT2D eigenvalue weighted by Crippen LogP contribution is -2.66. The van der Waals surface area contributed by atoms with Crippen LogP contribution >= 0.6 is 0 Å². The molecule has 1 aliphatic rings. The van der Waals surface area contributed by atoms with Crippen LogP contribution in [0.3, 0.4) is 0 Å². The zero-order chi connectivity index (χ0) is 16.8. The molecular formula is C20H33BO. The molecule has 0 bridgehead atoms. The fourth-order valence-electron chi connectivity index (χ4n) is 3.97. The molecule has 1 saturated heterocycles. The fourth-order valence-corrected chi connectivity index (χ4v) is 3.97. The van der Waals surface area contributed by atoms with Crippen LogP contribution in [0.1, 0.15) is 78.9 Å². The molecule has 1 aliphatic heterocycles. The van der Waals surface area contributed by atoms with Crippen molar-refractivity contribution in [2.45, 2.75) is 91.0 Å². The lowest BCUT2D eigenvalue weighted by atomic mass is 9.32. The van der Waals surface area contributed by atoms with Gasteiger partial charge in [0.05, 0.1) is 0 Å². The smallest absolute Gasteiger partial charge is 0.336 e. The van der Waals surface area contributed by atoms with Crippen molar-refractivity contribution in [1.82, 2.24) is 0 Å². The van der Waals surface area contributed by atoms with Gasteiger partial charge in [0.2, 0.25) is 0 Å². The Labute approximate surface area is 138 Å². The van der Waals surface area contributed by atoms with Crippen LogP contribution in [0.15, 0.2) is 18.2 Å². The summed E-state index contributed by atoms with van der Waals surface area (Å²) >= 11 is 0. The molecule has 1 aromatic rings. The molecule has 1 heterocycles. The summed E-state index contributed by atoms with van der Waals surface area (Å²) in [6.07, 6.45) is 3.62. The van der Waals surface area contributed by atoms with Crippen molar-refractivity contribution in [2.24, 2.45) is 0 Å². The fraction of sp³-hybridized carbons (Fsp3) is 0.700. The largest absolute Gasteiger partial charge is 0.425 e. The zero-order valence-electron chi connectivity index (χ0n) is 15.8. The van der Waals surface area contributed by atoms with Gasteiger partial charge in [0.25, 0.3) is 0 Å². The van der Waals surface area contributed by atoms with Gasteiger partial charge in [0.1, 0.15) is 0 Å². The van der Waals surface area contributed by atoms with Crippen LogP contribution in [0, 0.1) is 6.92 Å². The molecule has 0 spiro atoms. The molecule has 22 heavy (non-hydrogen) atoms. The Bertz CT molecular complexity index is 532. The Morgan fingerprint density at radius 1 is 1.00 bits per heavy atom. The second-order valence-electron chi connectivity index (χ2n) is 8.14. The topological polar surface area (TPSA) is 9.23 Å². The van der Waals surface area contributed by atoms with E-state index in [0.717, 1.165) is 0 Å². The van der Waals surface area contributed by atoms with Crippen molar-refractivity contribution in [2.75, 3.05) is 0 Å². The highest BCUT2D eigenvalue weighted by molar-refractivity contribution is 6.73. The van der Waals surface area contributed by atoms with Crippen LogP contribution in [0.25, 0.3) is 0 Å². The van der Waals surface area contributed by atoms with Gasteiger partial charge < -0.3 is 4.65 Å². The summed E-state index contributed by atoms with van der Waals surface area (Å²) in [5, 5.41) is 0.177. The van der Waals surface area contributed by atoms with Crippen LogP contribution in [-0.4, -0.2) is 12.5 Å². The number of rotatable bonds is 5. The molecule has 122 valence electrons. The van der Waals surface area contributed by atoms with Crippen molar-refractivity contribution in [3.63, 3.8) is 0 Å². The Kier molecular flexibility index (Phi) is 4.57. The van der Waals surface area contributed by atoms with E-state index in [-0.39, 0.29) is 17.8 Å². The number of hydrogen-bond acceptors (Lipinski definition) is 1. The molecule has 0 saturated carbocycles. The predicted molar refractivity (Wildman–Crippen MR) is 98.3 cm³/mol. The summed E-state index contributed by atoms with van der Waals surface area (Å²) in [4.78, 5) is 0. The van der Waals surface area contributed by atoms with Crippen LogP contribution in [-0.2, 0) is 10.1 Å². The minimum absolute atomic E-state index is 0.0389. The minimum atomic E-state index is -0.0389. The quantitative estimate of drug-likeness (QED) is 0.675. The lowest BCUT2D eigenvalue weighted by Gasteiger charge is -2.57. The molecule has 0 amide bonds. The van der Waals surface area contributed by atoms with Crippen molar-refractivity contribution >= 4 is 12.4 Å². The number of benzene rings is 1. The molecule has 1 aromatic carbocycles.